The Morgan fingerprint density at radius 1 is 0.833 bits per heavy atom. The van der Waals surface area contributed by atoms with E-state index in [4.69, 9.17) is 16.5 Å². The van der Waals surface area contributed by atoms with Crippen LogP contribution in [0.2, 0.25) is 26.2 Å². The van der Waals surface area contributed by atoms with E-state index < -0.39 is 37.1 Å². The number of hydrogen-bond acceptors (Lipinski definition) is 4. The molecule has 0 aliphatic carbocycles. The van der Waals surface area contributed by atoms with E-state index in [1.54, 1.807) is 0 Å². The van der Waals surface area contributed by atoms with Gasteiger partial charge in [0.05, 0.1) is 0 Å². The molecule has 0 aromatic carbocycles. The fraction of sp³-hybridized carbons (Fsp3) is 1.00. The molecule has 0 amide bonds. The molecular weight excluding hydrogens is 224 g/mol. The first-order chi connectivity index (χ1) is 5.58. The molecular formula is C4H15O4Si4. The van der Waals surface area contributed by atoms with E-state index in [0.29, 0.717) is 0 Å². The van der Waals surface area contributed by atoms with Gasteiger partial charge in [-0.3, -0.25) is 0 Å². The maximum atomic E-state index is 5.65. The molecule has 1 radical (unpaired) electrons. The minimum Gasteiger partial charge on any atom is -0.420 e. The Labute approximate surface area is 80.2 Å². The summed E-state index contributed by atoms with van der Waals surface area (Å²) in [6.07, 6.45) is 0. The molecule has 2 atom stereocenters. The van der Waals surface area contributed by atoms with E-state index in [-0.39, 0.29) is 0 Å². The molecule has 1 saturated heterocycles. The van der Waals surface area contributed by atoms with Gasteiger partial charge in [-0.2, -0.15) is 0 Å². The third-order valence-electron chi connectivity index (χ3n) is 1.43. The van der Waals surface area contributed by atoms with Crippen molar-refractivity contribution in [3.8, 4) is 0 Å². The normalized spacial score (nSPS) is 40.5. The Kier molecular flexibility index (Phi) is 4.32. The van der Waals surface area contributed by atoms with Gasteiger partial charge in [-0.05, 0) is 26.2 Å². The second-order valence-electron chi connectivity index (χ2n) is 2.70. The molecule has 2 unspecified atom stereocenters. The quantitative estimate of drug-likeness (QED) is 0.546. The Morgan fingerprint density at radius 3 is 1.67 bits per heavy atom. The predicted molar refractivity (Wildman–Crippen MR) is 55.0 cm³/mol. The highest BCUT2D eigenvalue weighted by Crippen LogP contribution is 2.06. The summed E-state index contributed by atoms with van der Waals surface area (Å²) < 4.78 is 22.5. The van der Waals surface area contributed by atoms with Crippen molar-refractivity contribution in [1.82, 2.24) is 0 Å². The van der Waals surface area contributed by atoms with E-state index in [2.05, 4.69) is 0 Å². The molecule has 1 aliphatic rings. The van der Waals surface area contributed by atoms with Crippen molar-refractivity contribution in [3.05, 3.63) is 0 Å². The summed E-state index contributed by atoms with van der Waals surface area (Å²) >= 11 is 0. The molecule has 0 bridgehead atoms. The van der Waals surface area contributed by atoms with Crippen LogP contribution in [0.25, 0.3) is 0 Å². The van der Waals surface area contributed by atoms with Gasteiger partial charge in [-0.1, -0.05) is 0 Å². The summed E-state index contributed by atoms with van der Waals surface area (Å²) in [5.74, 6) is 0. The molecule has 1 aliphatic heterocycles. The van der Waals surface area contributed by atoms with Crippen LogP contribution in [-0.4, -0.2) is 37.1 Å². The Balaban J connectivity index is 2.45. The van der Waals surface area contributed by atoms with Gasteiger partial charge in [0.15, 0.2) is 0 Å². The van der Waals surface area contributed by atoms with Crippen LogP contribution in [0.3, 0.4) is 0 Å². The third kappa shape index (κ3) is 3.61. The van der Waals surface area contributed by atoms with E-state index >= 15 is 0 Å². The van der Waals surface area contributed by atoms with Crippen LogP contribution in [0.4, 0.5) is 0 Å². The Morgan fingerprint density at radius 2 is 1.25 bits per heavy atom. The lowest BCUT2D eigenvalue weighted by molar-refractivity contribution is 0.295. The summed E-state index contributed by atoms with van der Waals surface area (Å²) in [7, 11) is -5.36. The topological polar surface area (TPSA) is 36.9 Å². The average Bonchev–Trinajstić information content (AvgIpc) is 1.81. The summed E-state index contributed by atoms with van der Waals surface area (Å²) in [5.41, 5.74) is 0. The van der Waals surface area contributed by atoms with Gasteiger partial charge >= 0.3 is 9.28 Å². The van der Waals surface area contributed by atoms with Gasteiger partial charge in [0.1, 0.15) is 0 Å². The predicted octanol–water partition coefficient (Wildman–Crippen LogP) is -0.265. The second kappa shape index (κ2) is 4.81. The fourth-order valence-electron chi connectivity index (χ4n) is 1.12. The largest absolute Gasteiger partial charge is 0.420 e. The molecule has 1 heterocycles. The van der Waals surface area contributed by atoms with Gasteiger partial charge in [-0.25, -0.2) is 0 Å². The third-order valence-corrected chi connectivity index (χ3v) is 12.9. The van der Waals surface area contributed by atoms with Crippen molar-refractivity contribution in [3.63, 3.8) is 0 Å². The Bertz CT molecular complexity index is 107. The van der Waals surface area contributed by atoms with E-state index in [0.717, 1.165) is 0 Å². The average molecular weight is 240 g/mol. The van der Waals surface area contributed by atoms with Crippen LogP contribution < -0.4 is 0 Å². The molecule has 12 heavy (non-hydrogen) atoms. The first kappa shape index (κ1) is 10.8. The van der Waals surface area contributed by atoms with E-state index in [9.17, 15) is 0 Å². The standard InChI is InChI=1S/C4H15O4Si4/c1-9-5-10(2)7-12(4)8-11(3)6-9/h9-11H,1-4H3. The molecule has 8 heteroatoms. The van der Waals surface area contributed by atoms with Crippen LogP contribution >= 0.6 is 0 Å². The van der Waals surface area contributed by atoms with Gasteiger partial charge in [0, 0.05) is 0 Å². The summed E-state index contributed by atoms with van der Waals surface area (Å²) in [6, 6.07) is 0. The molecule has 1 rings (SSSR count). The first-order valence-corrected chi connectivity index (χ1v) is 12.2. The van der Waals surface area contributed by atoms with Crippen molar-refractivity contribution in [1.29, 1.82) is 0 Å². The molecule has 4 nitrogen and oxygen atoms in total. The van der Waals surface area contributed by atoms with E-state index in [1.165, 1.54) is 0 Å². The van der Waals surface area contributed by atoms with Crippen molar-refractivity contribution in [2.24, 2.45) is 0 Å². The SMILES string of the molecule is C[Si]1O[SiH](C)O[SiH](C)O[SiH](C)O1. The van der Waals surface area contributed by atoms with Crippen LogP contribution in [0.1, 0.15) is 0 Å². The van der Waals surface area contributed by atoms with Crippen molar-refractivity contribution < 1.29 is 16.5 Å². The molecule has 0 aromatic rings. The molecule has 0 saturated carbocycles. The minimum absolute atomic E-state index is 1.08. The van der Waals surface area contributed by atoms with Gasteiger partial charge < -0.3 is 16.5 Å². The van der Waals surface area contributed by atoms with Crippen LogP contribution in [0.15, 0.2) is 0 Å². The maximum absolute atomic E-state index is 5.65. The van der Waals surface area contributed by atoms with Crippen molar-refractivity contribution in [2.45, 2.75) is 26.2 Å². The highest BCUT2D eigenvalue weighted by molar-refractivity contribution is 6.72. The van der Waals surface area contributed by atoms with Gasteiger partial charge in [0.2, 0.25) is 0 Å². The number of hydrogen-bond donors (Lipinski definition) is 0. The number of rotatable bonds is 0. The smallest absolute Gasteiger partial charge is 0.361 e. The molecule has 71 valence electrons. The zero-order valence-electron chi connectivity index (χ0n) is 7.87. The molecule has 0 N–H and O–H groups in total. The summed E-state index contributed by atoms with van der Waals surface area (Å²) in [4.78, 5) is 0. The highest BCUT2D eigenvalue weighted by atomic mass is 28.5. The lowest BCUT2D eigenvalue weighted by atomic mass is 11.9. The van der Waals surface area contributed by atoms with Crippen LogP contribution in [0.5, 0.6) is 0 Å². The first-order valence-electron chi connectivity index (χ1n) is 4.05. The lowest BCUT2D eigenvalue weighted by Gasteiger charge is -2.28. The monoisotopic (exact) mass is 239 g/mol. The highest BCUT2D eigenvalue weighted by Gasteiger charge is 2.26. The minimum atomic E-state index is -1.43. The fourth-order valence-corrected chi connectivity index (χ4v) is 12.2. The van der Waals surface area contributed by atoms with E-state index in [1.807, 2.05) is 26.2 Å². The molecule has 0 spiro atoms. The summed E-state index contributed by atoms with van der Waals surface area (Å²) in [5, 5.41) is 0. The zero-order chi connectivity index (χ0) is 9.14. The van der Waals surface area contributed by atoms with Gasteiger partial charge in [-0.15, -0.1) is 0 Å². The maximum Gasteiger partial charge on any atom is 0.361 e. The Hall–Kier alpha value is 0.708. The zero-order valence-corrected chi connectivity index (χ0v) is 12.3. The van der Waals surface area contributed by atoms with Crippen LogP contribution in [-0.2, 0) is 16.5 Å². The summed E-state index contributed by atoms with van der Waals surface area (Å²) in [6.45, 7) is 8.10. The second-order valence-corrected chi connectivity index (χ2v) is 11.2. The molecule has 1 fully saturated rings. The van der Waals surface area contributed by atoms with Crippen LogP contribution in [0, 0.1) is 0 Å². The lowest BCUT2D eigenvalue weighted by Crippen LogP contribution is -2.44. The van der Waals surface area contributed by atoms with Crippen molar-refractivity contribution >= 4 is 37.1 Å². The molecule has 0 aromatic heterocycles. The van der Waals surface area contributed by atoms with Gasteiger partial charge in [0.25, 0.3) is 27.9 Å². The van der Waals surface area contributed by atoms with Crippen molar-refractivity contribution in [2.75, 3.05) is 0 Å².